The number of carbonyl (C=O) groups excluding carboxylic acids is 1. The number of carbonyl (C=O) groups is 1. The number of piperidine rings is 1. The van der Waals surface area contributed by atoms with E-state index in [2.05, 4.69) is 17.2 Å². The first-order valence-corrected chi connectivity index (χ1v) is 10.4. The Morgan fingerprint density at radius 3 is 2.79 bits per heavy atom. The van der Waals surface area contributed by atoms with E-state index in [1.54, 1.807) is 11.3 Å². The highest BCUT2D eigenvalue weighted by molar-refractivity contribution is 7.20. The summed E-state index contributed by atoms with van der Waals surface area (Å²) in [4.78, 5) is 17.1. The highest BCUT2D eigenvalue weighted by atomic mass is 35.5. The molecule has 150 valence electrons. The van der Waals surface area contributed by atoms with Crippen LogP contribution in [0.1, 0.15) is 47.1 Å². The van der Waals surface area contributed by atoms with Crippen LogP contribution in [0.4, 0.5) is 0 Å². The molecule has 1 saturated heterocycles. The predicted octanol–water partition coefficient (Wildman–Crippen LogP) is 4.22. The average Bonchev–Trinajstić information content (AvgIpc) is 3.23. The van der Waals surface area contributed by atoms with Gasteiger partial charge in [0.2, 0.25) is 0 Å². The lowest BCUT2D eigenvalue weighted by atomic mass is 9.97. The number of benzene rings is 1. The zero-order chi connectivity index (χ0) is 19.0. The van der Waals surface area contributed by atoms with Crippen molar-refractivity contribution in [1.82, 2.24) is 14.7 Å². The lowest BCUT2D eigenvalue weighted by Gasteiger charge is -2.37. The molecule has 7 heteroatoms. The van der Waals surface area contributed by atoms with Crippen LogP contribution in [0.2, 0.25) is 0 Å². The van der Waals surface area contributed by atoms with Gasteiger partial charge in [-0.3, -0.25) is 9.48 Å². The largest absolute Gasteiger partial charge is 0.333 e. The Kier molecular flexibility index (Phi) is 6.43. The number of rotatable bonds is 4. The number of fused-ring (bicyclic) bond motifs is 1. The van der Waals surface area contributed by atoms with Crippen LogP contribution in [0.25, 0.3) is 10.2 Å². The summed E-state index contributed by atoms with van der Waals surface area (Å²) in [7, 11) is 0. The van der Waals surface area contributed by atoms with Crippen LogP contribution < -0.4 is 5.73 Å². The summed E-state index contributed by atoms with van der Waals surface area (Å²) in [5, 5.41) is 5.76. The molecule has 2 N–H and O–H groups in total. The number of aromatic nitrogens is 2. The van der Waals surface area contributed by atoms with E-state index < -0.39 is 0 Å². The molecule has 1 aliphatic rings. The van der Waals surface area contributed by atoms with E-state index in [0.717, 1.165) is 46.6 Å². The van der Waals surface area contributed by atoms with Crippen molar-refractivity contribution in [1.29, 1.82) is 0 Å². The summed E-state index contributed by atoms with van der Waals surface area (Å²) < 4.78 is 2.01. The Bertz CT molecular complexity index is 950. The number of halogens is 1. The molecule has 0 bridgehead atoms. The van der Waals surface area contributed by atoms with Crippen molar-refractivity contribution >= 4 is 39.9 Å². The molecule has 1 aliphatic heterocycles. The van der Waals surface area contributed by atoms with Crippen molar-refractivity contribution in [3.63, 3.8) is 0 Å². The highest BCUT2D eigenvalue weighted by Gasteiger charge is 2.31. The third-order valence-electron chi connectivity index (χ3n) is 5.41. The molecule has 0 saturated carbocycles. The van der Waals surface area contributed by atoms with Gasteiger partial charge in [0.25, 0.3) is 5.91 Å². The molecule has 1 aromatic carbocycles. The summed E-state index contributed by atoms with van der Waals surface area (Å²) in [5.41, 5.74) is 8.33. The smallest absolute Gasteiger partial charge is 0.264 e. The molecule has 0 aliphatic carbocycles. The molecule has 3 heterocycles. The molecule has 0 spiro atoms. The van der Waals surface area contributed by atoms with Gasteiger partial charge in [0, 0.05) is 24.0 Å². The van der Waals surface area contributed by atoms with Crippen molar-refractivity contribution in [3.05, 3.63) is 52.5 Å². The van der Waals surface area contributed by atoms with Crippen LogP contribution >= 0.6 is 23.7 Å². The molecule has 5 nitrogen and oxygen atoms in total. The van der Waals surface area contributed by atoms with E-state index in [9.17, 15) is 4.79 Å². The van der Waals surface area contributed by atoms with E-state index in [4.69, 9.17) is 5.73 Å². The molecular formula is C21H27ClN4OS. The quantitative estimate of drug-likeness (QED) is 0.689. The highest BCUT2D eigenvalue weighted by Crippen LogP contribution is 2.31. The van der Waals surface area contributed by atoms with Crippen molar-refractivity contribution in [2.75, 3.05) is 6.54 Å². The topological polar surface area (TPSA) is 64.2 Å². The van der Waals surface area contributed by atoms with E-state index >= 15 is 0 Å². The van der Waals surface area contributed by atoms with Gasteiger partial charge in [0.05, 0.1) is 17.1 Å². The molecule has 4 rings (SSSR count). The van der Waals surface area contributed by atoms with Crippen LogP contribution in [0.15, 0.2) is 36.4 Å². The summed E-state index contributed by atoms with van der Waals surface area (Å²) in [5.74, 6) is 0.115. The number of thiophene rings is 1. The summed E-state index contributed by atoms with van der Waals surface area (Å²) in [6.07, 6.45) is 3.20. The van der Waals surface area contributed by atoms with Crippen molar-refractivity contribution in [3.8, 4) is 0 Å². The molecule has 1 amide bonds. The Labute approximate surface area is 175 Å². The number of amides is 1. The van der Waals surface area contributed by atoms with Gasteiger partial charge in [-0.2, -0.15) is 5.10 Å². The number of aryl methyl sites for hydroxylation is 1. The lowest BCUT2D eigenvalue weighted by molar-refractivity contribution is 0.0589. The molecule has 28 heavy (non-hydrogen) atoms. The minimum atomic E-state index is -0.000985. The Morgan fingerprint density at radius 2 is 2.07 bits per heavy atom. The molecular weight excluding hydrogens is 392 g/mol. The van der Waals surface area contributed by atoms with Gasteiger partial charge < -0.3 is 10.6 Å². The second kappa shape index (κ2) is 8.64. The maximum absolute atomic E-state index is 13.2. The minimum absolute atomic E-state index is 0. The first-order chi connectivity index (χ1) is 13.0. The first-order valence-electron chi connectivity index (χ1n) is 9.62. The van der Waals surface area contributed by atoms with Crippen LogP contribution in [-0.2, 0) is 6.54 Å². The van der Waals surface area contributed by atoms with Crippen LogP contribution in [0.5, 0.6) is 0 Å². The van der Waals surface area contributed by atoms with E-state index in [1.807, 2.05) is 47.7 Å². The molecule has 1 fully saturated rings. The van der Waals surface area contributed by atoms with E-state index in [1.165, 1.54) is 5.56 Å². The maximum atomic E-state index is 13.2. The Hall–Kier alpha value is -1.89. The normalized spacial score (nSPS) is 18.1. The molecule has 2 unspecified atom stereocenters. The molecule has 0 radical (unpaired) electrons. The number of nitrogens with zero attached hydrogens (tertiary/aromatic N) is 3. The van der Waals surface area contributed by atoms with Gasteiger partial charge in [-0.25, -0.2) is 0 Å². The van der Waals surface area contributed by atoms with Crippen molar-refractivity contribution in [2.24, 2.45) is 5.73 Å². The Morgan fingerprint density at radius 1 is 1.32 bits per heavy atom. The summed E-state index contributed by atoms with van der Waals surface area (Å²) in [6.45, 7) is 5.53. The Balaban J connectivity index is 0.00000225. The standard InChI is InChI=1S/C21H26N4OS.ClH/c1-14(22)18-10-6-7-11-24(18)20(26)19-12-17-15(2)23-25(21(17)27-19)13-16-8-4-3-5-9-16;/h3-5,8-9,12,14,18H,6-7,10-11,13,22H2,1-2H3;1H. The van der Waals surface area contributed by atoms with Gasteiger partial charge >= 0.3 is 0 Å². The molecule has 3 aromatic rings. The van der Waals surface area contributed by atoms with Gasteiger partial charge in [-0.15, -0.1) is 23.7 Å². The van der Waals surface area contributed by atoms with Gasteiger partial charge in [0.15, 0.2) is 0 Å². The fraction of sp³-hybridized carbons (Fsp3) is 0.429. The number of likely N-dealkylation sites (tertiary alicyclic amines) is 1. The average molecular weight is 419 g/mol. The second-order valence-corrected chi connectivity index (χ2v) is 8.51. The van der Waals surface area contributed by atoms with Gasteiger partial charge in [-0.05, 0) is 44.7 Å². The monoisotopic (exact) mass is 418 g/mol. The third-order valence-corrected chi connectivity index (χ3v) is 6.55. The molecule has 2 atom stereocenters. The number of hydrogen-bond donors (Lipinski definition) is 1. The summed E-state index contributed by atoms with van der Waals surface area (Å²) in [6, 6.07) is 12.4. The minimum Gasteiger partial charge on any atom is -0.333 e. The maximum Gasteiger partial charge on any atom is 0.264 e. The predicted molar refractivity (Wildman–Crippen MR) is 117 cm³/mol. The third kappa shape index (κ3) is 3.95. The van der Waals surface area contributed by atoms with Crippen LogP contribution in [0, 0.1) is 6.92 Å². The number of hydrogen-bond acceptors (Lipinski definition) is 4. The van der Waals surface area contributed by atoms with Gasteiger partial charge in [0.1, 0.15) is 4.83 Å². The SMILES string of the molecule is Cc1nn(Cc2ccccc2)c2sc(C(=O)N3CCCCC3C(C)N)cc12.Cl. The lowest BCUT2D eigenvalue weighted by Crippen LogP contribution is -2.51. The van der Waals surface area contributed by atoms with E-state index in [0.29, 0.717) is 6.54 Å². The van der Waals surface area contributed by atoms with Crippen molar-refractivity contribution < 1.29 is 4.79 Å². The zero-order valence-electron chi connectivity index (χ0n) is 16.3. The first kappa shape index (κ1) is 20.8. The van der Waals surface area contributed by atoms with Crippen molar-refractivity contribution in [2.45, 2.75) is 51.7 Å². The summed E-state index contributed by atoms with van der Waals surface area (Å²) >= 11 is 1.55. The molecule has 2 aromatic heterocycles. The van der Waals surface area contributed by atoms with Crippen LogP contribution in [0.3, 0.4) is 0 Å². The van der Waals surface area contributed by atoms with Crippen LogP contribution in [-0.4, -0.2) is 39.2 Å². The van der Waals surface area contributed by atoms with E-state index in [-0.39, 0.29) is 30.4 Å². The fourth-order valence-corrected chi connectivity index (χ4v) is 5.10. The fourth-order valence-electron chi connectivity index (χ4n) is 3.98. The zero-order valence-corrected chi connectivity index (χ0v) is 17.9. The number of nitrogens with two attached hydrogens (primary N) is 1. The second-order valence-electron chi connectivity index (χ2n) is 7.48. The van der Waals surface area contributed by atoms with Gasteiger partial charge in [-0.1, -0.05) is 30.3 Å².